The van der Waals surface area contributed by atoms with Crippen LogP contribution in [-0.2, 0) is 0 Å². The van der Waals surface area contributed by atoms with Crippen molar-refractivity contribution in [2.75, 3.05) is 25.6 Å². The summed E-state index contributed by atoms with van der Waals surface area (Å²) in [6, 6.07) is 6.70. The summed E-state index contributed by atoms with van der Waals surface area (Å²) >= 11 is 4.48. The smallest absolute Gasteiger partial charge is 0.399 e. The number of benzene rings is 1. The van der Waals surface area contributed by atoms with E-state index in [-0.39, 0.29) is 6.54 Å². The second-order valence-corrected chi connectivity index (χ2v) is 4.55. The minimum absolute atomic E-state index is 0.314. The molecule has 0 aliphatic carbocycles. The summed E-state index contributed by atoms with van der Waals surface area (Å²) in [5.41, 5.74) is 5.79. The molecule has 19 heavy (non-hydrogen) atoms. The fraction of sp³-hybridized carbons (Fsp3) is 0.417. The minimum atomic E-state index is -4.44. The van der Waals surface area contributed by atoms with Gasteiger partial charge in [-0.1, -0.05) is 12.2 Å². The highest BCUT2D eigenvalue weighted by atomic mass is 32.1. The van der Waals surface area contributed by atoms with Gasteiger partial charge in [0.1, 0.15) is 11.7 Å². The zero-order valence-electron chi connectivity index (χ0n) is 10.6. The van der Waals surface area contributed by atoms with Crippen LogP contribution >= 0.6 is 12.2 Å². The molecule has 0 saturated heterocycles. The molecule has 0 aliphatic rings. The second-order valence-electron chi connectivity index (χ2n) is 4.08. The zero-order valence-corrected chi connectivity index (χ0v) is 11.4. The molecule has 0 aliphatic heterocycles. The molecule has 7 heteroatoms. The van der Waals surface area contributed by atoms with Gasteiger partial charge in [-0.05, 0) is 24.3 Å². The van der Waals surface area contributed by atoms with E-state index in [1.54, 1.807) is 31.3 Å². The number of methoxy groups -OCH3 is 1. The van der Waals surface area contributed by atoms with Crippen molar-refractivity contribution >= 4 is 22.9 Å². The van der Waals surface area contributed by atoms with Gasteiger partial charge in [0, 0.05) is 19.3 Å². The van der Waals surface area contributed by atoms with E-state index in [4.69, 9.17) is 10.5 Å². The van der Waals surface area contributed by atoms with Gasteiger partial charge in [-0.2, -0.15) is 13.2 Å². The van der Waals surface area contributed by atoms with E-state index >= 15 is 0 Å². The highest BCUT2D eigenvalue weighted by Gasteiger charge is 2.42. The molecule has 1 rings (SSSR count). The summed E-state index contributed by atoms with van der Waals surface area (Å²) < 4.78 is 43.2. The number of alkyl halides is 3. The molecule has 0 bridgehead atoms. The van der Waals surface area contributed by atoms with Crippen molar-refractivity contribution in [3.63, 3.8) is 0 Å². The third kappa shape index (κ3) is 4.27. The number of ether oxygens (including phenoxy) is 1. The van der Waals surface area contributed by atoms with Gasteiger partial charge in [-0.15, -0.1) is 0 Å². The Morgan fingerprint density at radius 1 is 1.37 bits per heavy atom. The summed E-state index contributed by atoms with van der Waals surface area (Å²) in [7, 11) is 3.07. The van der Waals surface area contributed by atoms with Crippen LogP contribution in [0.25, 0.3) is 0 Å². The molecule has 1 aromatic rings. The standard InChI is InChI=1S/C12H15F3N2OS/c1-17(7-10(11(16)19)12(13,14)15)8-3-5-9(18-2)6-4-8/h3-6,10H,7H2,1-2H3,(H2,16,19). The fourth-order valence-electron chi connectivity index (χ4n) is 1.57. The van der Waals surface area contributed by atoms with Crippen molar-refractivity contribution in [2.24, 2.45) is 11.7 Å². The summed E-state index contributed by atoms with van der Waals surface area (Å²) in [4.78, 5) is 0.907. The van der Waals surface area contributed by atoms with E-state index in [0.29, 0.717) is 11.4 Å². The maximum absolute atomic E-state index is 12.8. The normalized spacial score (nSPS) is 12.9. The Hall–Kier alpha value is -1.50. The average Bonchev–Trinajstić information content (AvgIpc) is 2.34. The van der Waals surface area contributed by atoms with Crippen LogP contribution in [0.3, 0.4) is 0 Å². The Kier molecular flexibility index (Phi) is 4.99. The van der Waals surface area contributed by atoms with Gasteiger partial charge in [-0.3, -0.25) is 0 Å². The Morgan fingerprint density at radius 3 is 2.26 bits per heavy atom. The first-order chi connectivity index (χ1) is 8.75. The average molecular weight is 292 g/mol. The maximum atomic E-state index is 12.8. The van der Waals surface area contributed by atoms with Crippen molar-refractivity contribution in [3.8, 4) is 5.75 Å². The number of hydrogen-bond acceptors (Lipinski definition) is 3. The van der Waals surface area contributed by atoms with Crippen LogP contribution in [0, 0.1) is 5.92 Å². The Labute approximate surface area is 115 Å². The van der Waals surface area contributed by atoms with E-state index in [0.717, 1.165) is 0 Å². The Morgan fingerprint density at radius 2 is 1.89 bits per heavy atom. The monoisotopic (exact) mass is 292 g/mol. The summed E-state index contributed by atoms with van der Waals surface area (Å²) in [6.45, 7) is -0.314. The summed E-state index contributed by atoms with van der Waals surface area (Å²) in [6.07, 6.45) is -4.44. The predicted octanol–water partition coefficient (Wildman–Crippen LogP) is 2.60. The number of anilines is 1. The van der Waals surface area contributed by atoms with Crippen molar-refractivity contribution < 1.29 is 17.9 Å². The van der Waals surface area contributed by atoms with E-state index in [2.05, 4.69) is 12.2 Å². The molecule has 1 unspecified atom stereocenters. The van der Waals surface area contributed by atoms with E-state index in [9.17, 15) is 13.2 Å². The van der Waals surface area contributed by atoms with Gasteiger partial charge in [-0.25, -0.2) is 0 Å². The lowest BCUT2D eigenvalue weighted by Gasteiger charge is -2.26. The minimum Gasteiger partial charge on any atom is -0.497 e. The molecule has 1 atom stereocenters. The number of rotatable bonds is 5. The van der Waals surface area contributed by atoms with E-state index in [1.165, 1.54) is 12.0 Å². The zero-order chi connectivity index (χ0) is 14.6. The SMILES string of the molecule is COc1ccc(N(C)CC(C(N)=S)C(F)(F)F)cc1. The van der Waals surface area contributed by atoms with Crippen LogP contribution in [-0.4, -0.2) is 31.9 Å². The molecule has 0 spiro atoms. The molecular weight excluding hydrogens is 277 g/mol. The lowest BCUT2D eigenvalue weighted by Crippen LogP contribution is -2.42. The largest absolute Gasteiger partial charge is 0.497 e. The molecule has 106 valence electrons. The Balaban J connectivity index is 2.81. The number of nitrogens with two attached hydrogens (primary N) is 1. The van der Waals surface area contributed by atoms with Gasteiger partial charge in [0.2, 0.25) is 0 Å². The summed E-state index contributed by atoms with van der Waals surface area (Å²) in [5, 5.41) is 0. The first kappa shape index (κ1) is 15.6. The molecule has 1 aromatic carbocycles. The fourth-order valence-corrected chi connectivity index (χ4v) is 1.78. The third-order valence-corrected chi connectivity index (χ3v) is 2.99. The molecule has 0 radical (unpaired) electrons. The summed E-state index contributed by atoms with van der Waals surface area (Å²) in [5.74, 6) is -1.19. The molecule has 0 saturated carbocycles. The quantitative estimate of drug-likeness (QED) is 0.847. The van der Waals surface area contributed by atoms with Crippen LogP contribution < -0.4 is 15.4 Å². The first-order valence-corrected chi connectivity index (χ1v) is 5.87. The highest BCUT2D eigenvalue weighted by molar-refractivity contribution is 7.80. The molecular formula is C12H15F3N2OS. The molecule has 0 aromatic heterocycles. The number of halogens is 3. The van der Waals surface area contributed by atoms with Crippen molar-refractivity contribution in [2.45, 2.75) is 6.18 Å². The lowest BCUT2D eigenvalue weighted by molar-refractivity contribution is -0.152. The van der Waals surface area contributed by atoms with Gasteiger partial charge >= 0.3 is 6.18 Å². The van der Waals surface area contributed by atoms with Crippen LogP contribution in [0.5, 0.6) is 5.75 Å². The number of thiocarbonyl (C=S) groups is 1. The van der Waals surface area contributed by atoms with Crippen LogP contribution in [0.2, 0.25) is 0 Å². The van der Waals surface area contributed by atoms with Gasteiger partial charge in [0.25, 0.3) is 0 Å². The van der Waals surface area contributed by atoms with Gasteiger partial charge in [0.15, 0.2) is 0 Å². The van der Waals surface area contributed by atoms with E-state index < -0.39 is 17.1 Å². The van der Waals surface area contributed by atoms with Crippen LogP contribution in [0.15, 0.2) is 24.3 Å². The third-order valence-electron chi connectivity index (χ3n) is 2.71. The molecule has 0 fully saturated rings. The van der Waals surface area contributed by atoms with Gasteiger partial charge < -0.3 is 15.4 Å². The number of nitrogens with zero attached hydrogens (tertiary/aromatic N) is 1. The predicted molar refractivity (Wildman–Crippen MR) is 72.6 cm³/mol. The number of hydrogen-bond donors (Lipinski definition) is 1. The molecule has 2 N–H and O–H groups in total. The van der Waals surface area contributed by atoms with Crippen LogP contribution in [0.4, 0.5) is 18.9 Å². The Bertz CT molecular complexity index is 434. The lowest BCUT2D eigenvalue weighted by atomic mass is 10.1. The maximum Gasteiger partial charge on any atom is 0.399 e. The van der Waals surface area contributed by atoms with Gasteiger partial charge in [0.05, 0.1) is 12.1 Å². The molecule has 0 amide bonds. The van der Waals surface area contributed by atoms with E-state index in [1.807, 2.05) is 0 Å². The van der Waals surface area contributed by atoms with Crippen molar-refractivity contribution in [1.82, 2.24) is 0 Å². The second kappa shape index (κ2) is 6.10. The molecule has 3 nitrogen and oxygen atoms in total. The van der Waals surface area contributed by atoms with Crippen molar-refractivity contribution in [1.29, 1.82) is 0 Å². The van der Waals surface area contributed by atoms with Crippen LogP contribution in [0.1, 0.15) is 0 Å². The first-order valence-electron chi connectivity index (χ1n) is 5.47. The molecule has 0 heterocycles. The topological polar surface area (TPSA) is 38.5 Å². The highest BCUT2D eigenvalue weighted by Crippen LogP contribution is 2.28. The van der Waals surface area contributed by atoms with Crippen molar-refractivity contribution in [3.05, 3.63) is 24.3 Å².